The summed E-state index contributed by atoms with van der Waals surface area (Å²) < 4.78 is 6.03. The first kappa shape index (κ1) is 19.6. The maximum absolute atomic E-state index is 12.9. The molecule has 3 atom stereocenters. The molecule has 164 valence electrons. The molecule has 4 saturated carbocycles. The highest BCUT2D eigenvalue weighted by atomic mass is 35.5. The summed E-state index contributed by atoms with van der Waals surface area (Å²) in [5, 5.41) is 14.8. The number of nitrogens with one attached hydrogen (secondary N) is 1. The van der Waals surface area contributed by atoms with Crippen LogP contribution in [0.25, 0.3) is 11.0 Å². The van der Waals surface area contributed by atoms with Gasteiger partial charge in [0, 0.05) is 24.2 Å². The van der Waals surface area contributed by atoms with Crippen LogP contribution in [0.3, 0.4) is 0 Å². The van der Waals surface area contributed by atoms with Crippen LogP contribution in [0.5, 0.6) is 0 Å². The fraction of sp³-hybridized carbons (Fsp3) is 0.609. The molecule has 2 heterocycles. The van der Waals surface area contributed by atoms with Gasteiger partial charge in [-0.25, -0.2) is 9.78 Å². The molecule has 1 aromatic heterocycles. The first-order chi connectivity index (χ1) is 14.9. The highest BCUT2D eigenvalue weighted by molar-refractivity contribution is 6.31. The SMILES string of the molecule is O=C(OC1C2CC3CC1CC(O)(C3)C2)N1CC[C@@H](Nc2cnc3cc(Cl)ccc3n2)C1. The number of hydrogen-bond donors (Lipinski definition) is 2. The van der Waals surface area contributed by atoms with E-state index in [2.05, 4.69) is 15.3 Å². The highest BCUT2D eigenvalue weighted by Crippen LogP contribution is 2.56. The zero-order valence-corrected chi connectivity index (χ0v) is 18.1. The number of benzene rings is 1. The van der Waals surface area contributed by atoms with E-state index in [4.69, 9.17) is 16.3 Å². The number of fused-ring (bicyclic) bond motifs is 1. The molecule has 0 spiro atoms. The number of hydrogen-bond acceptors (Lipinski definition) is 6. The van der Waals surface area contributed by atoms with E-state index in [0.717, 1.165) is 49.6 Å². The van der Waals surface area contributed by atoms with E-state index in [1.54, 1.807) is 23.2 Å². The zero-order valence-electron chi connectivity index (χ0n) is 17.3. The Morgan fingerprint density at radius 1 is 1.23 bits per heavy atom. The molecule has 1 aromatic carbocycles. The van der Waals surface area contributed by atoms with Crippen molar-refractivity contribution < 1.29 is 14.6 Å². The third-order valence-electron chi connectivity index (χ3n) is 7.69. The summed E-state index contributed by atoms with van der Waals surface area (Å²) in [5.74, 6) is 1.94. The topological polar surface area (TPSA) is 87.6 Å². The minimum Gasteiger partial charge on any atom is -0.446 e. The van der Waals surface area contributed by atoms with Crippen LogP contribution in [-0.2, 0) is 4.74 Å². The lowest BCUT2D eigenvalue weighted by Gasteiger charge is -2.57. The van der Waals surface area contributed by atoms with Gasteiger partial charge < -0.3 is 20.1 Å². The number of amides is 1. The van der Waals surface area contributed by atoms with Crippen LogP contribution in [0.15, 0.2) is 24.4 Å². The molecule has 31 heavy (non-hydrogen) atoms. The summed E-state index contributed by atoms with van der Waals surface area (Å²) in [6.45, 7) is 1.26. The number of anilines is 1. The van der Waals surface area contributed by atoms with E-state index in [-0.39, 0.29) is 18.2 Å². The Labute approximate surface area is 186 Å². The Balaban J connectivity index is 1.07. The van der Waals surface area contributed by atoms with Gasteiger partial charge in [-0.2, -0.15) is 0 Å². The molecule has 5 fully saturated rings. The second kappa shape index (κ2) is 7.20. The monoisotopic (exact) mass is 442 g/mol. The van der Waals surface area contributed by atoms with Crippen molar-refractivity contribution in [2.45, 2.75) is 56.3 Å². The van der Waals surface area contributed by atoms with Crippen LogP contribution in [-0.4, -0.2) is 56.9 Å². The molecule has 4 aliphatic carbocycles. The number of aromatic nitrogens is 2. The van der Waals surface area contributed by atoms with Crippen LogP contribution in [0, 0.1) is 17.8 Å². The minimum atomic E-state index is -0.506. The van der Waals surface area contributed by atoms with Crippen LogP contribution >= 0.6 is 11.6 Å². The number of aliphatic hydroxyl groups is 1. The van der Waals surface area contributed by atoms with E-state index in [1.807, 2.05) is 6.07 Å². The summed E-state index contributed by atoms with van der Waals surface area (Å²) in [6.07, 6.45) is 6.99. The largest absolute Gasteiger partial charge is 0.446 e. The normalized spacial score (nSPS) is 36.2. The van der Waals surface area contributed by atoms with Crippen molar-refractivity contribution in [3.63, 3.8) is 0 Å². The molecule has 7 nitrogen and oxygen atoms in total. The summed E-state index contributed by atoms with van der Waals surface area (Å²) in [6, 6.07) is 5.57. The fourth-order valence-electron chi connectivity index (χ4n) is 6.62. The van der Waals surface area contributed by atoms with Gasteiger partial charge in [0.25, 0.3) is 0 Å². The zero-order chi connectivity index (χ0) is 21.2. The number of carbonyl (C=O) groups excluding carboxylic acids is 1. The number of ether oxygens (including phenoxy) is 1. The number of rotatable bonds is 3. The molecule has 1 amide bonds. The van der Waals surface area contributed by atoms with Crippen LogP contribution in [0.1, 0.15) is 38.5 Å². The van der Waals surface area contributed by atoms with Gasteiger partial charge in [-0.1, -0.05) is 11.6 Å². The molecule has 0 radical (unpaired) electrons. The molecule has 7 rings (SSSR count). The first-order valence-electron chi connectivity index (χ1n) is 11.3. The van der Waals surface area contributed by atoms with Gasteiger partial charge in [0.2, 0.25) is 0 Å². The summed E-state index contributed by atoms with van der Waals surface area (Å²) in [4.78, 5) is 23.7. The lowest BCUT2D eigenvalue weighted by Crippen LogP contribution is -2.58. The maximum atomic E-state index is 12.9. The maximum Gasteiger partial charge on any atom is 0.410 e. The van der Waals surface area contributed by atoms with Crippen molar-refractivity contribution in [3.05, 3.63) is 29.4 Å². The Morgan fingerprint density at radius 2 is 2.03 bits per heavy atom. The Bertz CT molecular complexity index is 1020. The fourth-order valence-corrected chi connectivity index (χ4v) is 6.79. The standard InChI is InChI=1S/C23H27ClN4O3/c24-16-1-2-18-19(7-16)25-11-20(27-18)26-17-3-4-28(12-17)22(29)31-21-14-5-13-6-15(21)10-23(30,8-13)9-14/h1-2,7,11,13-15,17,21,30H,3-6,8-10,12H2,(H,26,27)/t13?,14?,15?,17-,21?,23?/m1/s1. The number of likely N-dealkylation sites (tertiary alicyclic amines) is 1. The molecule has 1 saturated heterocycles. The average Bonchev–Trinajstić information content (AvgIpc) is 3.18. The van der Waals surface area contributed by atoms with Crippen molar-refractivity contribution in [1.82, 2.24) is 14.9 Å². The third-order valence-corrected chi connectivity index (χ3v) is 7.93. The van der Waals surface area contributed by atoms with Crippen molar-refractivity contribution in [3.8, 4) is 0 Å². The summed E-state index contributed by atoms with van der Waals surface area (Å²) >= 11 is 6.01. The van der Waals surface area contributed by atoms with Gasteiger partial charge in [0.15, 0.2) is 0 Å². The van der Waals surface area contributed by atoms with E-state index in [9.17, 15) is 9.90 Å². The molecule has 4 bridgehead atoms. The van der Waals surface area contributed by atoms with E-state index in [1.165, 1.54) is 0 Å². The lowest BCUT2D eigenvalue weighted by atomic mass is 9.53. The van der Waals surface area contributed by atoms with Crippen LogP contribution in [0.2, 0.25) is 5.02 Å². The quantitative estimate of drug-likeness (QED) is 0.750. The van der Waals surface area contributed by atoms with Gasteiger partial charge in [0.1, 0.15) is 11.9 Å². The van der Waals surface area contributed by atoms with Crippen molar-refractivity contribution in [1.29, 1.82) is 0 Å². The molecule has 2 aromatic rings. The van der Waals surface area contributed by atoms with Crippen LogP contribution in [0.4, 0.5) is 10.6 Å². The Morgan fingerprint density at radius 3 is 2.81 bits per heavy atom. The van der Waals surface area contributed by atoms with Crippen LogP contribution < -0.4 is 5.32 Å². The van der Waals surface area contributed by atoms with Crippen molar-refractivity contribution in [2.24, 2.45) is 17.8 Å². The van der Waals surface area contributed by atoms with Gasteiger partial charge in [-0.15, -0.1) is 0 Å². The number of carbonyl (C=O) groups is 1. The second-order valence-corrected chi connectivity index (χ2v) is 10.4. The average molecular weight is 443 g/mol. The minimum absolute atomic E-state index is 0.0329. The van der Waals surface area contributed by atoms with Gasteiger partial charge in [0.05, 0.1) is 22.8 Å². The summed E-state index contributed by atoms with van der Waals surface area (Å²) in [7, 11) is 0. The first-order valence-corrected chi connectivity index (χ1v) is 11.7. The smallest absolute Gasteiger partial charge is 0.410 e. The summed E-state index contributed by atoms with van der Waals surface area (Å²) in [5.41, 5.74) is 1.04. The van der Waals surface area contributed by atoms with E-state index < -0.39 is 5.60 Å². The molecular weight excluding hydrogens is 416 g/mol. The molecule has 1 aliphatic heterocycles. The number of halogens is 1. The molecular formula is C23H27ClN4O3. The number of nitrogens with zero attached hydrogens (tertiary/aromatic N) is 3. The van der Waals surface area contributed by atoms with E-state index in [0.29, 0.717) is 41.7 Å². The predicted octanol–water partition coefficient (Wildman–Crippen LogP) is 3.85. The van der Waals surface area contributed by atoms with E-state index >= 15 is 0 Å². The predicted molar refractivity (Wildman–Crippen MR) is 117 cm³/mol. The van der Waals surface area contributed by atoms with Crippen molar-refractivity contribution in [2.75, 3.05) is 18.4 Å². The third kappa shape index (κ3) is 3.61. The van der Waals surface area contributed by atoms with Gasteiger partial charge in [-0.3, -0.25) is 4.98 Å². The van der Waals surface area contributed by atoms with Crippen molar-refractivity contribution >= 4 is 34.5 Å². The highest BCUT2D eigenvalue weighted by Gasteiger charge is 2.56. The Hall–Kier alpha value is -2.12. The van der Waals surface area contributed by atoms with Gasteiger partial charge >= 0.3 is 6.09 Å². The molecule has 5 aliphatic rings. The Kier molecular flexibility index (Phi) is 4.54. The lowest BCUT2D eigenvalue weighted by molar-refractivity contribution is -0.177. The molecule has 8 heteroatoms. The molecule has 2 unspecified atom stereocenters. The second-order valence-electron chi connectivity index (χ2n) is 10.0. The van der Waals surface area contributed by atoms with Gasteiger partial charge in [-0.05, 0) is 74.5 Å². The molecule has 2 N–H and O–H groups in total.